The number of nitrogens with two attached hydrogens (primary N) is 1. The molecule has 3 N–H and O–H groups in total. The first kappa shape index (κ1) is 13.0. The van der Waals surface area contributed by atoms with Crippen molar-refractivity contribution in [1.82, 2.24) is 15.4 Å². The fourth-order valence-electron chi connectivity index (χ4n) is 1.61. The summed E-state index contributed by atoms with van der Waals surface area (Å²) in [4.78, 5) is 7.60. The maximum Gasteiger partial charge on any atom is 0.145 e. The summed E-state index contributed by atoms with van der Waals surface area (Å²) in [7, 11) is 0. The van der Waals surface area contributed by atoms with Crippen molar-refractivity contribution < 1.29 is 8.78 Å². The molecule has 1 aromatic heterocycles. The maximum absolute atomic E-state index is 14.0. The second-order valence-electron chi connectivity index (χ2n) is 3.53. The third-order valence-corrected chi connectivity index (χ3v) is 3.06. The molecule has 1 heterocycles. The average Bonchev–Trinajstić information content (AvgIpc) is 2.40. The fourth-order valence-corrected chi connectivity index (χ4v) is 1.96. The van der Waals surface area contributed by atoms with Crippen molar-refractivity contribution in [2.75, 3.05) is 0 Å². The third kappa shape index (κ3) is 2.38. The first-order chi connectivity index (χ1) is 8.65. The second kappa shape index (κ2) is 5.47. The number of rotatable bonds is 3. The second-order valence-corrected chi connectivity index (χ2v) is 4.38. The molecule has 0 radical (unpaired) electrons. The number of nitrogens with one attached hydrogen (secondary N) is 1. The topological polar surface area (TPSA) is 63.8 Å². The van der Waals surface area contributed by atoms with Crippen LogP contribution >= 0.6 is 15.9 Å². The molecule has 0 fully saturated rings. The van der Waals surface area contributed by atoms with Gasteiger partial charge in [-0.3, -0.25) is 5.84 Å². The largest absolute Gasteiger partial charge is 0.271 e. The van der Waals surface area contributed by atoms with E-state index in [0.29, 0.717) is 5.56 Å². The summed E-state index contributed by atoms with van der Waals surface area (Å²) >= 11 is 3.01. The molecule has 18 heavy (non-hydrogen) atoms. The Labute approximate surface area is 110 Å². The number of hydrogen-bond donors (Lipinski definition) is 2. The summed E-state index contributed by atoms with van der Waals surface area (Å²) < 4.78 is 27.9. The Morgan fingerprint density at radius 2 is 1.89 bits per heavy atom. The zero-order valence-corrected chi connectivity index (χ0v) is 10.7. The van der Waals surface area contributed by atoms with Crippen LogP contribution in [0.4, 0.5) is 8.78 Å². The van der Waals surface area contributed by atoms with Gasteiger partial charge in [-0.1, -0.05) is 0 Å². The minimum absolute atomic E-state index is 0.163. The molecule has 7 heteroatoms. The van der Waals surface area contributed by atoms with Gasteiger partial charge < -0.3 is 0 Å². The molecule has 4 nitrogen and oxygen atoms in total. The average molecular weight is 315 g/mol. The molecule has 1 atom stereocenters. The van der Waals surface area contributed by atoms with E-state index in [9.17, 15) is 8.78 Å². The van der Waals surface area contributed by atoms with Crippen LogP contribution in [0.25, 0.3) is 0 Å². The predicted molar refractivity (Wildman–Crippen MR) is 65.3 cm³/mol. The molecular weight excluding hydrogens is 306 g/mol. The summed E-state index contributed by atoms with van der Waals surface area (Å²) in [5.74, 6) is 3.97. The van der Waals surface area contributed by atoms with Crippen LogP contribution in [0.1, 0.15) is 17.2 Å². The van der Waals surface area contributed by atoms with Gasteiger partial charge in [-0.2, -0.15) is 0 Å². The summed E-state index contributed by atoms with van der Waals surface area (Å²) in [5.41, 5.74) is 2.65. The summed E-state index contributed by atoms with van der Waals surface area (Å²) in [6.07, 6.45) is 4.21. The molecule has 94 valence electrons. The van der Waals surface area contributed by atoms with Crippen molar-refractivity contribution in [2.45, 2.75) is 6.04 Å². The zero-order chi connectivity index (χ0) is 13.1. The predicted octanol–water partition coefficient (Wildman–Crippen LogP) is 2.07. The zero-order valence-electron chi connectivity index (χ0n) is 9.07. The smallest absolute Gasteiger partial charge is 0.145 e. The van der Waals surface area contributed by atoms with E-state index >= 15 is 0 Å². The minimum Gasteiger partial charge on any atom is -0.271 e. The van der Waals surface area contributed by atoms with E-state index in [2.05, 4.69) is 31.3 Å². The van der Waals surface area contributed by atoms with Crippen LogP contribution in [0.15, 0.2) is 35.3 Å². The van der Waals surface area contributed by atoms with Gasteiger partial charge in [0.05, 0.1) is 10.5 Å². The van der Waals surface area contributed by atoms with Gasteiger partial charge >= 0.3 is 0 Å². The van der Waals surface area contributed by atoms with E-state index in [0.717, 1.165) is 6.07 Å². The molecular formula is C11H9BrF2N4. The third-order valence-electron chi connectivity index (χ3n) is 2.45. The molecule has 0 amide bonds. The van der Waals surface area contributed by atoms with Crippen molar-refractivity contribution in [3.05, 3.63) is 58.1 Å². The first-order valence-electron chi connectivity index (χ1n) is 4.99. The van der Waals surface area contributed by atoms with E-state index in [-0.39, 0.29) is 10.0 Å². The molecule has 0 aliphatic heterocycles. The first-order valence-corrected chi connectivity index (χ1v) is 5.79. The number of aromatic nitrogens is 2. The van der Waals surface area contributed by atoms with Crippen molar-refractivity contribution in [1.29, 1.82) is 0 Å². The van der Waals surface area contributed by atoms with Gasteiger partial charge in [0.15, 0.2) is 0 Å². The van der Waals surface area contributed by atoms with E-state index in [1.165, 1.54) is 24.8 Å². The Morgan fingerprint density at radius 1 is 1.22 bits per heavy atom. The number of benzene rings is 1. The molecule has 0 aliphatic carbocycles. The van der Waals surface area contributed by atoms with Crippen LogP contribution in [0.3, 0.4) is 0 Å². The minimum atomic E-state index is -0.858. The van der Waals surface area contributed by atoms with Crippen molar-refractivity contribution in [2.24, 2.45) is 5.84 Å². The highest BCUT2D eigenvalue weighted by Gasteiger charge is 2.23. The van der Waals surface area contributed by atoms with Crippen molar-refractivity contribution in [3.63, 3.8) is 0 Å². The highest BCUT2D eigenvalue weighted by atomic mass is 79.9. The van der Waals surface area contributed by atoms with Crippen LogP contribution in [0.2, 0.25) is 0 Å². The van der Waals surface area contributed by atoms with Gasteiger partial charge in [0.1, 0.15) is 18.0 Å². The molecule has 2 aromatic rings. The van der Waals surface area contributed by atoms with E-state index in [1.807, 2.05) is 0 Å². The van der Waals surface area contributed by atoms with Gasteiger partial charge in [-0.15, -0.1) is 0 Å². The molecule has 0 bridgehead atoms. The normalized spacial score (nSPS) is 12.4. The Bertz CT molecular complexity index is 550. The molecule has 1 unspecified atom stereocenters. The molecule has 0 saturated carbocycles. The highest BCUT2D eigenvalue weighted by molar-refractivity contribution is 9.10. The Morgan fingerprint density at radius 3 is 2.50 bits per heavy atom. The number of nitrogens with zero attached hydrogens (tertiary/aromatic N) is 2. The van der Waals surface area contributed by atoms with Gasteiger partial charge in [0.25, 0.3) is 0 Å². The van der Waals surface area contributed by atoms with Crippen LogP contribution in [0.5, 0.6) is 0 Å². The number of halogens is 3. The lowest BCUT2D eigenvalue weighted by molar-refractivity contribution is 0.506. The molecule has 0 aliphatic rings. The monoisotopic (exact) mass is 314 g/mol. The molecule has 2 rings (SSSR count). The van der Waals surface area contributed by atoms with E-state index < -0.39 is 17.7 Å². The van der Waals surface area contributed by atoms with Crippen LogP contribution < -0.4 is 11.3 Å². The van der Waals surface area contributed by atoms with E-state index in [1.54, 1.807) is 0 Å². The molecule has 0 spiro atoms. The lowest BCUT2D eigenvalue weighted by Gasteiger charge is -2.18. The SMILES string of the molecule is NNC(c1cncnc1)c1c(F)ccc(Br)c1F. The Hall–Kier alpha value is -1.44. The fraction of sp³-hybridized carbons (Fsp3) is 0.0909. The number of hydrogen-bond acceptors (Lipinski definition) is 4. The lowest BCUT2D eigenvalue weighted by atomic mass is 10.0. The van der Waals surface area contributed by atoms with Crippen molar-refractivity contribution in [3.8, 4) is 0 Å². The standard InChI is InChI=1S/C11H9BrF2N4/c12-7-1-2-8(13)9(10(7)14)11(18-15)6-3-16-5-17-4-6/h1-5,11,18H,15H2. The summed E-state index contributed by atoms with van der Waals surface area (Å²) in [6.45, 7) is 0. The van der Waals surface area contributed by atoms with Crippen molar-refractivity contribution >= 4 is 15.9 Å². The molecule has 0 saturated heterocycles. The van der Waals surface area contributed by atoms with Crippen LogP contribution in [0, 0.1) is 11.6 Å². The quantitative estimate of drug-likeness (QED) is 0.517. The van der Waals surface area contributed by atoms with E-state index in [4.69, 9.17) is 5.84 Å². The van der Waals surface area contributed by atoms with Gasteiger partial charge in [0.2, 0.25) is 0 Å². The maximum atomic E-state index is 14.0. The van der Waals surface area contributed by atoms with Gasteiger partial charge in [-0.25, -0.2) is 24.2 Å². The Balaban J connectivity index is 2.56. The highest BCUT2D eigenvalue weighted by Crippen LogP contribution is 2.29. The summed E-state index contributed by atoms with van der Waals surface area (Å²) in [6, 6.07) is 1.60. The Kier molecular flexibility index (Phi) is 3.95. The number of hydrazine groups is 1. The van der Waals surface area contributed by atoms with Crippen LogP contribution in [-0.2, 0) is 0 Å². The lowest BCUT2D eigenvalue weighted by Crippen LogP contribution is -2.30. The van der Waals surface area contributed by atoms with Gasteiger partial charge in [-0.05, 0) is 28.1 Å². The van der Waals surface area contributed by atoms with Gasteiger partial charge in [0, 0.05) is 23.5 Å². The molecule has 1 aromatic carbocycles. The summed E-state index contributed by atoms with van der Waals surface area (Å²) in [5, 5.41) is 0. The van der Waals surface area contributed by atoms with Crippen LogP contribution in [-0.4, -0.2) is 9.97 Å².